The molecular formula is C17H22N2O4. The van der Waals surface area contributed by atoms with Crippen molar-refractivity contribution in [2.24, 2.45) is 5.41 Å². The number of benzene rings is 1. The zero-order chi connectivity index (χ0) is 16.9. The Morgan fingerprint density at radius 2 is 1.78 bits per heavy atom. The van der Waals surface area contributed by atoms with Gasteiger partial charge in [-0.1, -0.05) is 13.3 Å². The first-order valence-electron chi connectivity index (χ1n) is 7.81. The highest BCUT2D eigenvalue weighted by Crippen LogP contribution is 2.46. The molecule has 1 aliphatic rings. The Bertz CT molecular complexity index is 591. The predicted octanol–water partition coefficient (Wildman–Crippen LogP) is 2.11. The number of carbonyl (C=O) groups excluding carboxylic acids is 3. The van der Waals surface area contributed by atoms with Gasteiger partial charge in [-0.2, -0.15) is 0 Å². The maximum Gasteiger partial charge on any atom is 0.337 e. The summed E-state index contributed by atoms with van der Waals surface area (Å²) in [6.07, 6.45) is 3.03. The molecule has 0 bridgehead atoms. The van der Waals surface area contributed by atoms with Gasteiger partial charge >= 0.3 is 5.97 Å². The number of ether oxygens (including phenoxy) is 1. The molecule has 0 radical (unpaired) electrons. The number of nitrogens with one attached hydrogen (secondary N) is 2. The van der Waals surface area contributed by atoms with E-state index in [1.54, 1.807) is 24.3 Å². The van der Waals surface area contributed by atoms with Crippen LogP contribution in [0, 0.1) is 5.41 Å². The second-order valence-corrected chi connectivity index (χ2v) is 5.71. The number of hydrogen-bond donors (Lipinski definition) is 2. The number of hydrogen-bond acceptors (Lipinski definition) is 4. The van der Waals surface area contributed by atoms with Crippen LogP contribution in [-0.2, 0) is 14.3 Å². The fourth-order valence-corrected chi connectivity index (χ4v) is 2.29. The molecular weight excluding hydrogens is 296 g/mol. The number of anilines is 1. The topological polar surface area (TPSA) is 84.5 Å². The summed E-state index contributed by atoms with van der Waals surface area (Å²) in [5.74, 6) is -0.927. The normalized spacial score (nSPS) is 14.7. The van der Waals surface area contributed by atoms with Crippen LogP contribution in [0.25, 0.3) is 0 Å². The molecule has 23 heavy (non-hydrogen) atoms. The van der Waals surface area contributed by atoms with Crippen LogP contribution in [0.1, 0.15) is 43.0 Å². The maximum absolute atomic E-state index is 12.4. The Morgan fingerprint density at radius 1 is 1.13 bits per heavy atom. The molecule has 0 atom stereocenters. The molecule has 0 aliphatic heterocycles. The summed E-state index contributed by atoms with van der Waals surface area (Å²) in [5, 5.41) is 5.57. The molecule has 6 heteroatoms. The van der Waals surface area contributed by atoms with Crippen LogP contribution < -0.4 is 10.6 Å². The number of rotatable bonds is 7. The summed E-state index contributed by atoms with van der Waals surface area (Å²) in [5.41, 5.74) is 0.0219. The van der Waals surface area contributed by atoms with Crippen molar-refractivity contribution in [1.82, 2.24) is 5.32 Å². The van der Waals surface area contributed by atoms with E-state index in [9.17, 15) is 14.4 Å². The average molecular weight is 318 g/mol. The molecule has 6 nitrogen and oxygen atoms in total. The van der Waals surface area contributed by atoms with E-state index in [-0.39, 0.29) is 11.8 Å². The summed E-state index contributed by atoms with van der Waals surface area (Å²) >= 11 is 0. The van der Waals surface area contributed by atoms with Gasteiger partial charge in [0.1, 0.15) is 5.41 Å². The minimum atomic E-state index is -0.936. The molecule has 0 unspecified atom stereocenters. The maximum atomic E-state index is 12.4. The first-order chi connectivity index (χ1) is 11.0. The van der Waals surface area contributed by atoms with Gasteiger partial charge in [0.05, 0.1) is 12.7 Å². The number of amides is 2. The van der Waals surface area contributed by atoms with Crippen molar-refractivity contribution in [1.29, 1.82) is 0 Å². The molecule has 2 rings (SSSR count). The second-order valence-electron chi connectivity index (χ2n) is 5.71. The van der Waals surface area contributed by atoms with Crippen molar-refractivity contribution in [2.75, 3.05) is 19.0 Å². The van der Waals surface area contributed by atoms with E-state index < -0.39 is 11.4 Å². The molecule has 0 aromatic heterocycles. The monoisotopic (exact) mass is 318 g/mol. The zero-order valence-corrected chi connectivity index (χ0v) is 13.5. The molecule has 0 saturated heterocycles. The van der Waals surface area contributed by atoms with E-state index in [1.165, 1.54) is 7.11 Å². The summed E-state index contributed by atoms with van der Waals surface area (Å²) in [7, 11) is 1.31. The van der Waals surface area contributed by atoms with E-state index in [0.29, 0.717) is 30.6 Å². The van der Waals surface area contributed by atoms with Crippen LogP contribution in [0.15, 0.2) is 24.3 Å². The van der Waals surface area contributed by atoms with Crippen molar-refractivity contribution >= 4 is 23.5 Å². The third kappa shape index (κ3) is 3.88. The minimum absolute atomic E-state index is 0.199. The first-order valence-corrected chi connectivity index (χ1v) is 7.81. The van der Waals surface area contributed by atoms with Crippen LogP contribution in [0.3, 0.4) is 0 Å². The Morgan fingerprint density at radius 3 is 2.30 bits per heavy atom. The molecule has 124 valence electrons. The number of carbonyl (C=O) groups is 3. The van der Waals surface area contributed by atoms with Crippen molar-refractivity contribution in [3.8, 4) is 0 Å². The van der Waals surface area contributed by atoms with Gasteiger partial charge in [0.2, 0.25) is 11.8 Å². The molecule has 2 N–H and O–H groups in total. The van der Waals surface area contributed by atoms with Gasteiger partial charge in [-0.25, -0.2) is 4.79 Å². The minimum Gasteiger partial charge on any atom is -0.465 e. The van der Waals surface area contributed by atoms with Crippen molar-refractivity contribution in [2.45, 2.75) is 32.6 Å². The SMILES string of the molecule is CCCCNC(=O)C1(C(=O)Nc2ccc(C(=O)OC)cc2)CC1. The van der Waals surface area contributed by atoms with Crippen LogP contribution in [0.4, 0.5) is 5.69 Å². The Labute approximate surface area is 135 Å². The zero-order valence-electron chi connectivity index (χ0n) is 13.5. The van der Waals surface area contributed by atoms with Crippen molar-refractivity contribution < 1.29 is 19.1 Å². The lowest BCUT2D eigenvalue weighted by Crippen LogP contribution is -2.40. The highest BCUT2D eigenvalue weighted by atomic mass is 16.5. The van der Waals surface area contributed by atoms with Gasteiger partial charge < -0.3 is 15.4 Å². The number of methoxy groups -OCH3 is 1. The Hall–Kier alpha value is -2.37. The second kappa shape index (κ2) is 7.26. The lowest BCUT2D eigenvalue weighted by molar-refractivity contribution is -0.134. The molecule has 2 amide bonds. The highest BCUT2D eigenvalue weighted by Gasteiger charge is 2.56. The molecule has 1 aliphatic carbocycles. The lowest BCUT2D eigenvalue weighted by atomic mass is 10.0. The van der Waals surface area contributed by atoms with Gasteiger partial charge in [0, 0.05) is 12.2 Å². The Kier molecular flexibility index (Phi) is 5.36. The molecule has 1 fully saturated rings. The first kappa shape index (κ1) is 17.0. The van der Waals surface area contributed by atoms with Gasteiger partial charge in [-0.15, -0.1) is 0 Å². The number of unbranched alkanes of at least 4 members (excludes halogenated alkanes) is 1. The molecule has 1 aromatic rings. The summed E-state index contributed by atoms with van der Waals surface area (Å²) in [6, 6.07) is 6.38. The van der Waals surface area contributed by atoms with Crippen LogP contribution in [-0.4, -0.2) is 31.4 Å². The molecule has 0 heterocycles. The van der Waals surface area contributed by atoms with Crippen LogP contribution >= 0.6 is 0 Å². The van der Waals surface area contributed by atoms with E-state index in [1.807, 2.05) is 6.92 Å². The molecule has 1 aromatic carbocycles. The van der Waals surface area contributed by atoms with E-state index >= 15 is 0 Å². The van der Waals surface area contributed by atoms with E-state index in [0.717, 1.165) is 12.8 Å². The van der Waals surface area contributed by atoms with Gasteiger partial charge in [0.25, 0.3) is 0 Å². The van der Waals surface area contributed by atoms with Gasteiger partial charge in [0.15, 0.2) is 0 Å². The molecule has 0 spiro atoms. The van der Waals surface area contributed by atoms with E-state index in [2.05, 4.69) is 15.4 Å². The average Bonchev–Trinajstić information content (AvgIpc) is 3.37. The van der Waals surface area contributed by atoms with Gasteiger partial charge in [-0.05, 0) is 43.5 Å². The third-order valence-corrected chi connectivity index (χ3v) is 4.00. The Balaban J connectivity index is 1.96. The molecule has 1 saturated carbocycles. The standard InChI is InChI=1S/C17H22N2O4/c1-3-4-11-18-15(21)17(9-10-17)16(22)19-13-7-5-12(6-8-13)14(20)23-2/h5-8H,3-4,9-11H2,1-2H3,(H,18,21)(H,19,22). The van der Waals surface area contributed by atoms with Crippen molar-refractivity contribution in [3.05, 3.63) is 29.8 Å². The van der Waals surface area contributed by atoms with Gasteiger partial charge in [-0.3, -0.25) is 9.59 Å². The largest absolute Gasteiger partial charge is 0.465 e. The fourth-order valence-electron chi connectivity index (χ4n) is 2.29. The fraction of sp³-hybridized carbons (Fsp3) is 0.471. The van der Waals surface area contributed by atoms with Crippen LogP contribution in [0.2, 0.25) is 0 Å². The highest BCUT2D eigenvalue weighted by molar-refractivity contribution is 6.13. The summed E-state index contributed by atoms with van der Waals surface area (Å²) in [6.45, 7) is 2.64. The third-order valence-electron chi connectivity index (χ3n) is 4.00. The lowest BCUT2D eigenvalue weighted by Gasteiger charge is -2.15. The number of esters is 1. The van der Waals surface area contributed by atoms with E-state index in [4.69, 9.17) is 0 Å². The smallest absolute Gasteiger partial charge is 0.337 e. The summed E-state index contributed by atoms with van der Waals surface area (Å²) in [4.78, 5) is 35.9. The quantitative estimate of drug-likeness (QED) is 0.458. The van der Waals surface area contributed by atoms with Crippen LogP contribution in [0.5, 0.6) is 0 Å². The van der Waals surface area contributed by atoms with Crippen molar-refractivity contribution in [3.63, 3.8) is 0 Å². The predicted molar refractivity (Wildman–Crippen MR) is 86.0 cm³/mol. The summed E-state index contributed by atoms with van der Waals surface area (Å²) < 4.78 is 4.62.